The molecule has 0 bridgehead atoms. The van der Waals surface area contributed by atoms with E-state index in [0.29, 0.717) is 42.7 Å². The molecule has 5 N–H and O–H groups in total. The van der Waals surface area contributed by atoms with Gasteiger partial charge in [0.05, 0.1) is 91.3 Å². The van der Waals surface area contributed by atoms with Crippen molar-refractivity contribution in [1.29, 1.82) is 15.8 Å². The average Bonchev–Trinajstić information content (AvgIpc) is 4.54. The van der Waals surface area contributed by atoms with Gasteiger partial charge in [0.25, 0.3) is 0 Å². The van der Waals surface area contributed by atoms with Gasteiger partial charge in [-0.2, -0.15) is 31.1 Å². The largest absolute Gasteiger partial charge is 0.565 e. The van der Waals surface area contributed by atoms with Crippen LogP contribution in [0.15, 0.2) is 93.0 Å². The Balaban J connectivity index is 0.000000183. The molecular weight excluding hydrogens is 1080 g/mol. The minimum absolute atomic E-state index is 0. The highest BCUT2D eigenvalue weighted by atomic mass is 31.1. The predicted octanol–water partition coefficient (Wildman–Crippen LogP) is 9.30. The van der Waals surface area contributed by atoms with Gasteiger partial charge in [0.15, 0.2) is 0 Å². The first-order valence-electron chi connectivity index (χ1n) is 26.2. The maximum atomic E-state index is 9.40. The SMILES string of the molecule is N#CC[C@H](C1CCCC1)n1cc(-c2ncnc3[nH]ccc23)cn1.N#CC[C@H](C1CCCC1)n1cc(-c2ncnc3[nH]ccc23)cn1.N#CC[C@H](C1CCCC1)n1cc(-c2ncnc3c2ccn3CO)cn1.O=[P+]([O-])OO.O=[P+]([O-])OO.[HH].[HH]. The Morgan fingerprint density at radius 3 is 1.26 bits per heavy atom. The van der Waals surface area contributed by atoms with Crippen LogP contribution in [0, 0.1) is 51.7 Å². The third-order valence-electron chi connectivity index (χ3n) is 14.9. The van der Waals surface area contributed by atoms with Gasteiger partial charge in [-0.3, -0.25) is 14.0 Å². The Kier molecular flexibility index (Phi) is 21.4. The van der Waals surface area contributed by atoms with Crippen molar-refractivity contribution < 1.29 is 46.7 Å². The summed E-state index contributed by atoms with van der Waals surface area (Å²) in [5.74, 6) is 1.63. The molecular formula is C52H62N18O9P2. The first-order chi connectivity index (χ1) is 39.6. The number of aromatic nitrogens is 15. The van der Waals surface area contributed by atoms with Crippen molar-refractivity contribution in [3.8, 4) is 52.0 Å². The van der Waals surface area contributed by atoms with Crippen LogP contribution in [0.4, 0.5) is 0 Å². The lowest BCUT2D eigenvalue weighted by molar-refractivity contribution is -0.245. The third kappa shape index (κ3) is 14.8. The molecule has 0 spiro atoms. The summed E-state index contributed by atoms with van der Waals surface area (Å²) < 4.78 is 30.8. The van der Waals surface area contributed by atoms with Gasteiger partial charge in [0.2, 0.25) is 0 Å². The monoisotopic (exact) mass is 1140 g/mol. The summed E-state index contributed by atoms with van der Waals surface area (Å²) >= 11 is 0. The molecule has 0 amide bonds. The van der Waals surface area contributed by atoms with Gasteiger partial charge in [-0.1, -0.05) is 38.5 Å². The Morgan fingerprint density at radius 2 is 0.926 bits per heavy atom. The van der Waals surface area contributed by atoms with E-state index < -0.39 is 16.5 Å². The third-order valence-corrected chi connectivity index (χ3v) is 15.2. The number of nitrogens with zero attached hydrogens (tertiary/aromatic N) is 16. The number of aliphatic hydroxyl groups excluding tert-OH is 1. The summed E-state index contributed by atoms with van der Waals surface area (Å²) in [6, 6.07) is 13.3. The lowest BCUT2D eigenvalue weighted by atomic mass is 9.96. The smallest absolute Gasteiger partial charge is 0.521 e. The zero-order valence-electron chi connectivity index (χ0n) is 43.8. The van der Waals surface area contributed by atoms with Gasteiger partial charge in [-0.05, 0) is 83.6 Å². The maximum Gasteiger partial charge on any atom is 0.521 e. The van der Waals surface area contributed by atoms with Crippen molar-refractivity contribution in [2.45, 2.75) is 121 Å². The normalized spacial score (nSPS) is 15.9. The van der Waals surface area contributed by atoms with Crippen molar-refractivity contribution in [2.75, 3.05) is 0 Å². The molecule has 5 atom stereocenters. The van der Waals surface area contributed by atoms with Crippen molar-refractivity contribution in [3.63, 3.8) is 0 Å². The van der Waals surface area contributed by atoms with E-state index in [0.717, 1.165) is 61.2 Å². The highest BCUT2D eigenvalue weighted by Gasteiger charge is 2.30. The molecule has 29 heteroatoms. The van der Waals surface area contributed by atoms with Crippen molar-refractivity contribution >= 4 is 49.6 Å². The summed E-state index contributed by atoms with van der Waals surface area (Å²) in [6.07, 6.45) is 37.8. The van der Waals surface area contributed by atoms with Gasteiger partial charge in [0.1, 0.15) is 42.7 Å². The molecule has 27 nitrogen and oxygen atoms in total. The van der Waals surface area contributed by atoms with Crippen LogP contribution in [0.25, 0.3) is 66.9 Å². The van der Waals surface area contributed by atoms with Gasteiger partial charge in [0, 0.05) is 82.2 Å². The number of rotatable bonds is 15. The van der Waals surface area contributed by atoms with Crippen LogP contribution in [0.3, 0.4) is 0 Å². The van der Waals surface area contributed by atoms with E-state index in [2.05, 4.69) is 82.7 Å². The van der Waals surface area contributed by atoms with Crippen LogP contribution in [0.2, 0.25) is 0 Å². The number of H-pyrrole nitrogens is 2. The molecule has 0 radical (unpaired) electrons. The zero-order chi connectivity index (χ0) is 57.1. The van der Waals surface area contributed by atoms with E-state index in [1.54, 1.807) is 29.6 Å². The van der Waals surface area contributed by atoms with E-state index in [1.165, 1.54) is 83.4 Å². The number of nitrogens with one attached hydrogen (secondary N) is 2. The molecule has 9 aromatic heterocycles. The van der Waals surface area contributed by atoms with Gasteiger partial charge < -0.3 is 29.4 Å². The van der Waals surface area contributed by atoms with Crippen molar-refractivity contribution in [2.24, 2.45) is 17.8 Å². The number of hydrogen-bond donors (Lipinski definition) is 5. The quantitative estimate of drug-likeness (QED) is 0.0362. The standard InChI is InChI=1S/C18H20N6O.2C17H18N6.2HO4P.2H2/c19-7-5-16(13-3-1-2-4-13)24-10-14(9-22-24)17-15-6-8-23(12-25)18(15)21-11-20-17;2*18-7-5-15(12-3-1-2-4-12)23-10-13(9-22-23)16-14-6-8-19-17(14)21-11-20-16;2*1-4-5(2)3;;/h6,8-11,13,16,25H,1-5,12H2;2*6,8-12,15H,1-5H2,(H,19,20,21);2*1H;2*1H/t16-;2*15-;;;;/m111..../s1. The molecule has 0 aliphatic heterocycles. The number of aliphatic hydroxyl groups is 1. The van der Waals surface area contributed by atoms with Crippen LogP contribution in [-0.2, 0) is 25.2 Å². The summed E-state index contributed by atoms with van der Waals surface area (Å²) in [4.78, 5) is 50.0. The zero-order valence-corrected chi connectivity index (χ0v) is 45.6. The van der Waals surface area contributed by atoms with Crippen molar-refractivity contribution in [3.05, 3.63) is 93.0 Å². The molecule has 3 aliphatic rings. The van der Waals surface area contributed by atoms with E-state index >= 15 is 0 Å². The van der Waals surface area contributed by atoms with Crippen molar-refractivity contribution in [1.82, 2.24) is 73.8 Å². The van der Waals surface area contributed by atoms with E-state index in [9.17, 15) is 20.9 Å². The summed E-state index contributed by atoms with van der Waals surface area (Å²) in [6.45, 7) is -0.120. The molecule has 2 unspecified atom stereocenters. The first kappa shape index (κ1) is 59.0. The second-order valence-corrected chi connectivity index (χ2v) is 20.7. The molecule has 3 fully saturated rings. The summed E-state index contributed by atoms with van der Waals surface area (Å²) in [5, 5.41) is 67.6. The van der Waals surface area contributed by atoms with Crippen LogP contribution < -0.4 is 9.79 Å². The Labute approximate surface area is 468 Å². The van der Waals surface area contributed by atoms with Crippen LogP contribution >= 0.6 is 16.5 Å². The number of fused-ring (bicyclic) bond motifs is 3. The number of nitriles is 3. The first-order valence-corrected chi connectivity index (χ1v) is 28.4. The van der Waals surface area contributed by atoms with Gasteiger partial charge in [-0.25, -0.2) is 40.4 Å². The van der Waals surface area contributed by atoms with Crippen LogP contribution in [0.1, 0.15) is 117 Å². The molecule has 424 valence electrons. The molecule has 3 saturated carbocycles. The predicted molar refractivity (Wildman–Crippen MR) is 292 cm³/mol. The average molecular weight is 1150 g/mol. The van der Waals surface area contributed by atoms with Gasteiger partial charge in [-0.15, -0.1) is 0 Å². The fraction of sp³-hybridized carbons (Fsp3) is 0.423. The highest BCUT2D eigenvalue weighted by Crippen LogP contribution is 2.40. The van der Waals surface area contributed by atoms with Crippen LogP contribution in [0.5, 0.6) is 0 Å². The summed E-state index contributed by atoms with van der Waals surface area (Å²) in [5.41, 5.74) is 7.75. The second kappa shape index (κ2) is 29.4. The lowest BCUT2D eigenvalue weighted by Gasteiger charge is -2.21. The number of aromatic amines is 2. The topological polar surface area (TPSA) is 398 Å². The second-order valence-electron chi connectivity index (χ2n) is 19.5. The van der Waals surface area contributed by atoms with E-state index in [4.69, 9.17) is 29.4 Å². The minimum atomic E-state index is -3.04. The Morgan fingerprint density at radius 1 is 0.580 bits per heavy atom. The van der Waals surface area contributed by atoms with Gasteiger partial charge >= 0.3 is 16.5 Å². The Bertz CT molecular complexity index is 3470. The summed E-state index contributed by atoms with van der Waals surface area (Å²) in [7, 11) is -6.09. The Hall–Kier alpha value is -8.12. The molecule has 3 aliphatic carbocycles. The minimum Gasteiger partial charge on any atom is -0.565 e. The molecule has 0 saturated heterocycles. The van der Waals surface area contributed by atoms with E-state index in [-0.39, 0.29) is 27.7 Å². The fourth-order valence-electron chi connectivity index (χ4n) is 11.2. The highest BCUT2D eigenvalue weighted by molar-refractivity contribution is 7.30. The molecule has 0 aromatic carbocycles. The molecule has 9 aromatic rings. The maximum absolute atomic E-state index is 9.40. The molecule has 12 rings (SSSR count). The van der Waals surface area contributed by atoms with Crippen LogP contribution in [-0.4, -0.2) is 89.4 Å². The molecule has 81 heavy (non-hydrogen) atoms. The number of hydrogen-bond acceptors (Lipinski definition) is 21. The fourth-order valence-corrected chi connectivity index (χ4v) is 11.2. The molecule has 9 heterocycles. The van der Waals surface area contributed by atoms with E-state index in [1.807, 2.05) is 75.6 Å². The lowest BCUT2D eigenvalue weighted by Crippen LogP contribution is -2.17.